The fraction of sp³-hybridized carbons (Fsp3) is 0.179. The maximum Gasteiger partial charge on any atom is 0.264 e. The highest BCUT2D eigenvalue weighted by Gasteiger charge is 2.43. The molecule has 8 heteroatoms. The molecule has 0 saturated carbocycles. The maximum absolute atomic E-state index is 13.4. The Hall–Kier alpha value is -4.30. The van der Waals surface area contributed by atoms with Gasteiger partial charge in [-0.15, -0.1) is 0 Å². The van der Waals surface area contributed by atoms with Gasteiger partial charge in [-0.05, 0) is 83.6 Å². The van der Waals surface area contributed by atoms with Crippen molar-refractivity contribution in [2.24, 2.45) is 0 Å². The highest BCUT2D eigenvalue weighted by molar-refractivity contribution is 5.94. The molecular formula is C28H24FN4O3+. The summed E-state index contributed by atoms with van der Waals surface area (Å²) in [4.78, 5) is 17.3. The molecule has 2 aliphatic rings. The van der Waals surface area contributed by atoms with E-state index in [0.717, 1.165) is 55.6 Å². The van der Waals surface area contributed by atoms with Crippen LogP contribution in [0.3, 0.4) is 0 Å². The van der Waals surface area contributed by atoms with E-state index in [0.29, 0.717) is 23.6 Å². The van der Waals surface area contributed by atoms with Crippen molar-refractivity contribution in [3.8, 4) is 11.3 Å². The molecule has 4 heterocycles. The minimum Gasteiger partial charge on any atom is -0.384 e. The molecule has 2 aromatic heterocycles. The number of pyridine rings is 2. The number of fused-ring (bicyclic) bond motifs is 8. The quantitative estimate of drug-likeness (QED) is 0.300. The van der Waals surface area contributed by atoms with Crippen molar-refractivity contribution in [1.82, 2.24) is 10.3 Å². The number of aryl methyl sites for hydroxylation is 2. The normalized spacial score (nSPS) is 17.1. The number of ether oxygens (including phenoxy) is 1. The zero-order chi connectivity index (χ0) is 25.1. The molecule has 7 nitrogen and oxygen atoms in total. The van der Waals surface area contributed by atoms with Gasteiger partial charge in [0.25, 0.3) is 17.8 Å². The third-order valence-corrected chi connectivity index (χ3v) is 7.03. The number of anilines is 1. The molecule has 6 rings (SSSR count). The lowest BCUT2D eigenvalue weighted by Gasteiger charge is -2.17. The van der Waals surface area contributed by atoms with Crippen LogP contribution in [0.5, 0.6) is 0 Å². The molecule has 0 spiro atoms. The summed E-state index contributed by atoms with van der Waals surface area (Å²) < 4.78 is 20.5. The molecule has 0 saturated heterocycles. The van der Waals surface area contributed by atoms with Crippen LogP contribution in [-0.4, -0.2) is 16.1 Å². The summed E-state index contributed by atoms with van der Waals surface area (Å²) >= 11 is 0. The van der Waals surface area contributed by atoms with Crippen LogP contribution in [0.1, 0.15) is 61.6 Å². The molecule has 2 aliphatic heterocycles. The number of carbonyl (C=O) groups excluding carboxylic acids is 1. The Bertz CT molecular complexity index is 1550. The van der Waals surface area contributed by atoms with Crippen molar-refractivity contribution in [3.63, 3.8) is 0 Å². The van der Waals surface area contributed by atoms with Crippen molar-refractivity contribution in [3.05, 3.63) is 111 Å². The van der Waals surface area contributed by atoms with E-state index < -0.39 is 5.82 Å². The predicted molar refractivity (Wildman–Crippen MR) is 130 cm³/mol. The van der Waals surface area contributed by atoms with Gasteiger partial charge in [0.15, 0.2) is 5.82 Å². The van der Waals surface area contributed by atoms with Crippen LogP contribution in [0.2, 0.25) is 0 Å². The number of rotatable bonds is 4. The van der Waals surface area contributed by atoms with E-state index in [4.69, 9.17) is 10.5 Å². The van der Waals surface area contributed by atoms with Gasteiger partial charge in [-0.1, -0.05) is 12.1 Å². The molecule has 4 N–H and O–H groups in total. The number of carbonyl (C=O) groups is 1. The van der Waals surface area contributed by atoms with E-state index in [1.165, 1.54) is 12.1 Å². The molecule has 4 aromatic rings. The van der Waals surface area contributed by atoms with E-state index in [-0.39, 0.29) is 18.1 Å². The van der Waals surface area contributed by atoms with Gasteiger partial charge in [-0.25, -0.2) is 9.37 Å². The summed E-state index contributed by atoms with van der Waals surface area (Å²) in [7, 11) is 0. The monoisotopic (exact) mass is 483 g/mol. The lowest BCUT2D eigenvalue weighted by Crippen LogP contribution is -2.32. The van der Waals surface area contributed by atoms with Crippen LogP contribution in [-0.2, 0) is 11.3 Å². The Balaban J connectivity index is 1.27. The fourth-order valence-electron chi connectivity index (χ4n) is 5.26. The average Bonchev–Trinajstić information content (AvgIpc) is 3.40. The number of benzene rings is 2. The average molecular weight is 484 g/mol. The second-order valence-corrected chi connectivity index (χ2v) is 9.27. The van der Waals surface area contributed by atoms with Crippen LogP contribution in [0.15, 0.2) is 60.8 Å². The third-order valence-electron chi connectivity index (χ3n) is 7.03. The zero-order valence-electron chi connectivity index (χ0n) is 19.7. The first-order chi connectivity index (χ1) is 17.3. The van der Waals surface area contributed by atoms with E-state index in [9.17, 15) is 14.4 Å². The summed E-state index contributed by atoms with van der Waals surface area (Å²) in [6, 6.07) is 16.1. The molecular weight excluding hydrogens is 459 g/mol. The first-order valence-electron chi connectivity index (χ1n) is 11.6. The number of hydrogen-bond donors (Lipinski definition) is 3. The second kappa shape index (κ2) is 8.13. The molecule has 180 valence electrons. The van der Waals surface area contributed by atoms with Crippen LogP contribution >= 0.6 is 0 Å². The Morgan fingerprint density at radius 2 is 1.78 bits per heavy atom. The Labute approximate surface area is 207 Å². The van der Waals surface area contributed by atoms with Crippen molar-refractivity contribution in [2.45, 2.75) is 32.6 Å². The topological polar surface area (TPSA) is 101 Å². The molecule has 36 heavy (non-hydrogen) atoms. The third kappa shape index (κ3) is 3.49. The largest absolute Gasteiger partial charge is 0.384 e. The maximum atomic E-state index is 13.4. The van der Waals surface area contributed by atoms with Crippen molar-refractivity contribution >= 4 is 11.7 Å². The highest BCUT2D eigenvalue weighted by atomic mass is 19.1. The minimum absolute atomic E-state index is 0.183. The lowest BCUT2D eigenvalue weighted by molar-refractivity contribution is -0.897. The summed E-state index contributed by atoms with van der Waals surface area (Å²) in [5.41, 5.74) is 14.3. The van der Waals surface area contributed by atoms with Crippen LogP contribution in [0, 0.1) is 19.7 Å². The van der Waals surface area contributed by atoms with E-state index in [1.54, 1.807) is 6.07 Å². The first kappa shape index (κ1) is 22.2. The summed E-state index contributed by atoms with van der Waals surface area (Å²) in [5, 5.41) is 13.1. The number of aromatic nitrogens is 2. The van der Waals surface area contributed by atoms with Crippen molar-refractivity contribution < 1.29 is 23.9 Å². The Morgan fingerprint density at radius 1 is 1.06 bits per heavy atom. The number of amides is 1. The van der Waals surface area contributed by atoms with Gasteiger partial charge in [-0.2, -0.15) is 0 Å². The van der Waals surface area contributed by atoms with E-state index in [2.05, 4.69) is 10.3 Å². The van der Waals surface area contributed by atoms with Crippen LogP contribution in [0.4, 0.5) is 10.2 Å². The first-order valence-corrected chi connectivity index (χ1v) is 11.6. The highest BCUT2D eigenvalue weighted by Crippen LogP contribution is 2.54. The van der Waals surface area contributed by atoms with Crippen LogP contribution in [0.25, 0.3) is 11.3 Å². The number of nitrogens with one attached hydrogen (secondary N) is 1. The molecule has 2 atom stereocenters. The SMILES string of the molecule is Cc1cc(N)nc(C)c1CNC(=O)c1ccc2c(c1)[C@@H]1O[C@H]2c2ccc(-c3ccc(F)c[n+]3O)cc21. The van der Waals surface area contributed by atoms with Crippen molar-refractivity contribution in [2.75, 3.05) is 5.73 Å². The van der Waals surface area contributed by atoms with Gasteiger partial charge < -0.3 is 15.8 Å². The van der Waals surface area contributed by atoms with E-state index >= 15 is 0 Å². The smallest absolute Gasteiger partial charge is 0.264 e. The minimum atomic E-state index is -0.525. The number of nitrogen functional groups attached to an aromatic ring is 1. The van der Waals surface area contributed by atoms with Gasteiger partial charge >= 0.3 is 0 Å². The molecule has 0 radical (unpaired) electrons. The van der Waals surface area contributed by atoms with Gasteiger partial charge in [-0.3, -0.25) is 10.0 Å². The molecule has 2 aromatic carbocycles. The molecule has 1 amide bonds. The predicted octanol–water partition coefficient (Wildman–Crippen LogP) is 4.06. The molecule has 2 bridgehead atoms. The molecule has 0 aliphatic carbocycles. The number of halogens is 1. The fourth-order valence-corrected chi connectivity index (χ4v) is 5.26. The lowest BCUT2D eigenvalue weighted by atomic mass is 9.84. The summed E-state index contributed by atoms with van der Waals surface area (Å²) in [6.07, 6.45) is 0.507. The Kier molecular flexibility index (Phi) is 5.01. The second-order valence-electron chi connectivity index (χ2n) is 9.27. The molecule has 0 unspecified atom stereocenters. The van der Waals surface area contributed by atoms with Crippen LogP contribution < -0.4 is 15.8 Å². The summed E-state index contributed by atoms with van der Waals surface area (Å²) in [6.45, 7) is 4.19. The standard InChI is InChI=1S/C28H23FN4O3/c1-14-9-25(30)32-15(2)23(14)12-31-28(34)17-4-7-20-22(11-17)27-21-10-16(3-6-19(21)26(20)36-27)24-8-5-18(29)13-33(24)35/h3-11,13,26-27H,12H2,1-2H3,(H3-,30,31,32,34,35)/p+1/t26-,27+/m0/s1. The molecule has 0 fully saturated rings. The van der Waals surface area contributed by atoms with Gasteiger partial charge in [0.2, 0.25) is 0 Å². The van der Waals surface area contributed by atoms with Crippen molar-refractivity contribution in [1.29, 1.82) is 0 Å². The Morgan fingerprint density at radius 3 is 2.53 bits per heavy atom. The number of nitrogens with zero attached hydrogens (tertiary/aromatic N) is 2. The summed E-state index contributed by atoms with van der Waals surface area (Å²) in [5.74, 6) is -0.245. The van der Waals surface area contributed by atoms with Gasteiger partial charge in [0, 0.05) is 28.6 Å². The zero-order valence-corrected chi connectivity index (χ0v) is 19.7. The van der Waals surface area contributed by atoms with E-state index in [1.807, 2.05) is 50.2 Å². The van der Waals surface area contributed by atoms with Gasteiger partial charge in [0.05, 0.1) is 5.56 Å². The number of hydrogen-bond acceptors (Lipinski definition) is 5. The number of nitrogens with two attached hydrogens (primary N) is 1. The van der Waals surface area contributed by atoms with Gasteiger partial charge in [0.1, 0.15) is 18.0 Å².